The molecule has 0 radical (unpaired) electrons. The van der Waals surface area contributed by atoms with Crippen molar-refractivity contribution in [2.24, 2.45) is 0 Å². The number of nitrogens with two attached hydrogens (primary N) is 1. The van der Waals surface area contributed by atoms with E-state index in [4.69, 9.17) is 5.73 Å². The number of hydrogen-bond acceptors (Lipinski definition) is 2. The molecule has 0 saturated carbocycles. The molecule has 0 aliphatic carbocycles. The van der Waals surface area contributed by atoms with Crippen molar-refractivity contribution >= 4 is 17.3 Å². The second kappa shape index (κ2) is 5.06. The smallest absolute Gasteiger partial charge is 0.255 e. The Balaban J connectivity index is 2.23. The fraction of sp³-hybridized carbons (Fsp3) is 0.0714. The number of aryl methyl sites for hydroxylation is 1. The third-order valence-corrected chi connectivity index (χ3v) is 2.65. The Labute approximate surface area is 109 Å². The summed E-state index contributed by atoms with van der Waals surface area (Å²) in [4.78, 5) is 11.8. The van der Waals surface area contributed by atoms with Crippen LogP contribution < -0.4 is 11.1 Å². The number of amides is 1. The summed E-state index contributed by atoms with van der Waals surface area (Å²) >= 11 is 0. The molecule has 3 N–H and O–H groups in total. The molecule has 0 aliphatic rings. The van der Waals surface area contributed by atoms with Gasteiger partial charge >= 0.3 is 0 Å². The largest absolute Gasteiger partial charge is 0.394 e. The van der Waals surface area contributed by atoms with Crippen LogP contribution in [0.4, 0.5) is 20.2 Å². The molecule has 0 atom stereocenters. The number of carbonyl (C=O) groups excluding carboxylic acids is 1. The molecule has 0 fully saturated rings. The molecule has 2 rings (SSSR count). The predicted octanol–water partition coefficient (Wildman–Crippen LogP) is 3.11. The zero-order chi connectivity index (χ0) is 14.0. The third kappa shape index (κ3) is 2.88. The third-order valence-electron chi connectivity index (χ3n) is 2.65. The van der Waals surface area contributed by atoms with E-state index in [0.717, 1.165) is 17.7 Å². The lowest BCUT2D eigenvalue weighted by Gasteiger charge is -2.07. The Morgan fingerprint density at radius 1 is 1.11 bits per heavy atom. The van der Waals surface area contributed by atoms with Gasteiger partial charge < -0.3 is 11.1 Å². The van der Waals surface area contributed by atoms with E-state index in [-0.39, 0.29) is 5.56 Å². The van der Waals surface area contributed by atoms with Crippen LogP contribution in [0.25, 0.3) is 0 Å². The molecular weight excluding hydrogens is 250 g/mol. The van der Waals surface area contributed by atoms with Gasteiger partial charge in [0, 0.05) is 11.3 Å². The Hall–Kier alpha value is -2.43. The van der Waals surface area contributed by atoms with Crippen LogP contribution in [0, 0.1) is 18.6 Å². The summed E-state index contributed by atoms with van der Waals surface area (Å²) in [6.45, 7) is 1.91. The maximum Gasteiger partial charge on any atom is 0.255 e. The number of nitrogen functional groups attached to an aromatic ring is 1. The van der Waals surface area contributed by atoms with Crippen molar-refractivity contribution in [1.29, 1.82) is 0 Å². The number of halogens is 2. The highest BCUT2D eigenvalue weighted by molar-refractivity contribution is 6.04. The first-order valence-electron chi connectivity index (χ1n) is 5.60. The molecule has 5 heteroatoms. The van der Waals surface area contributed by atoms with Crippen molar-refractivity contribution in [3.8, 4) is 0 Å². The minimum Gasteiger partial charge on any atom is -0.394 e. The highest BCUT2D eigenvalue weighted by Gasteiger charge is 2.13. The molecule has 0 saturated heterocycles. The zero-order valence-corrected chi connectivity index (χ0v) is 10.2. The van der Waals surface area contributed by atoms with Crippen LogP contribution in [0.2, 0.25) is 0 Å². The molecule has 0 bridgehead atoms. The Morgan fingerprint density at radius 3 is 2.16 bits per heavy atom. The fourth-order valence-corrected chi connectivity index (χ4v) is 1.56. The number of hydrogen-bond donors (Lipinski definition) is 2. The van der Waals surface area contributed by atoms with E-state index < -0.39 is 23.2 Å². The molecule has 0 aliphatic heterocycles. The lowest BCUT2D eigenvalue weighted by atomic mass is 10.1. The van der Waals surface area contributed by atoms with Crippen molar-refractivity contribution in [3.63, 3.8) is 0 Å². The average molecular weight is 262 g/mol. The molecular formula is C14H12F2N2O. The minimum absolute atomic E-state index is 0.121. The monoisotopic (exact) mass is 262 g/mol. The first kappa shape index (κ1) is 13.0. The van der Waals surface area contributed by atoms with Crippen LogP contribution >= 0.6 is 0 Å². The van der Waals surface area contributed by atoms with Gasteiger partial charge in [-0.2, -0.15) is 0 Å². The zero-order valence-electron chi connectivity index (χ0n) is 10.2. The fourth-order valence-electron chi connectivity index (χ4n) is 1.56. The Kier molecular flexibility index (Phi) is 3.46. The van der Waals surface area contributed by atoms with Crippen LogP contribution in [-0.2, 0) is 0 Å². The van der Waals surface area contributed by atoms with Crippen LogP contribution in [-0.4, -0.2) is 5.91 Å². The first-order valence-corrected chi connectivity index (χ1v) is 5.60. The standard InChI is InChI=1S/C14H12F2N2O/c1-8-2-4-10(5-3-8)18-14(19)9-6-11(15)13(17)12(16)7-9/h2-7H,17H2,1H3,(H,18,19). The van der Waals surface area contributed by atoms with Crippen LogP contribution in [0.3, 0.4) is 0 Å². The maximum atomic E-state index is 13.2. The predicted molar refractivity (Wildman–Crippen MR) is 69.9 cm³/mol. The van der Waals surface area contributed by atoms with E-state index in [2.05, 4.69) is 5.32 Å². The summed E-state index contributed by atoms with van der Waals surface area (Å²) in [5.41, 5.74) is 6.02. The number of carbonyl (C=O) groups is 1. The molecule has 3 nitrogen and oxygen atoms in total. The highest BCUT2D eigenvalue weighted by Crippen LogP contribution is 2.18. The van der Waals surface area contributed by atoms with Gasteiger partial charge in [-0.05, 0) is 31.2 Å². The van der Waals surface area contributed by atoms with Gasteiger partial charge in [-0.3, -0.25) is 4.79 Å². The van der Waals surface area contributed by atoms with Gasteiger partial charge in [0.15, 0.2) is 0 Å². The van der Waals surface area contributed by atoms with Gasteiger partial charge in [-0.25, -0.2) is 8.78 Å². The van der Waals surface area contributed by atoms with Gasteiger partial charge in [-0.15, -0.1) is 0 Å². The lowest BCUT2D eigenvalue weighted by molar-refractivity contribution is 0.102. The normalized spacial score (nSPS) is 10.3. The number of rotatable bonds is 2. The Morgan fingerprint density at radius 2 is 1.63 bits per heavy atom. The second-order valence-electron chi connectivity index (χ2n) is 4.17. The summed E-state index contributed by atoms with van der Waals surface area (Å²) in [7, 11) is 0. The van der Waals surface area contributed by atoms with Gasteiger partial charge in [0.25, 0.3) is 5.91 Å². The number of anilines is 2. The van der Waals surface area contributed by atoms with E-state index >= 15 is 0 Å². The van der Waals surface area contributed by atoms with Gasteiger partial charge in [0.2, 0.25) is 0 Å². The summed E-state index contributed by atoms with van der Waals surface area (Å²) in [5.74, 6) is -2.50. The van der Waals surface area contributed by atoms with E-state index in [1.807, 2.05) is 19.1 Å². The van der Waals surface area contributed by atoms with Gasteiger partial charge in [-0.1, -0.05) is 17.7 Å². The molecule has 2 aromatic rings. The molecule has 0 heterocycles. The van der Waals surface area contributed by atoms with E-state index in [1.165, 1.54) is 0 Å². The van der Waals surface area contributed by atoms with Crippen molar-refractivity contribution in [2.75, 3.05) is 11.1 Å². The summed E-state index contributed by atoms with van der Waals surface area (Å²) in [6, 6.07) is 8.86. The maximum absolute atomic E-state index is 13.2. The molecule has 2 aromatic carbocycles. The van der Waals surface area contributed by atoms with Crippen molar-refractivity contribution in [3.05, 3.63) is 59.2 Å². The minimum atomic E-state index is -0.950. The van der Waals surface area contributed by atoms with Crippen LogP contribution in [0.5, 0.6) is 0 Å². The topological polar surface area (TPSA) is 55.1 Å². The molecule has 19 heavy (non-hydrogen) atoms. The van der Waals surface area contributed by atoms with Crippen LogP contribution in [0.1, 0.15) is 15.9 Å². The lowest BCUT2D eigenvalue weighted by Crippen LogP contribution is -2.13. The number of benzene rings is 2. The highest BCUT2D eigenvalue weighted by atomic mass is 19.1. The van der Waals surface area contributed by atoms with Gasteiger partial charge in [0.05, 0.1) is 0 Å². The first-order chi connectivity index (χ1) is 8.97. The molecule has 0 aromatic heterocycles. The SMILES string of the molecule is Cc1ccc(NC(=O)c2cc(F)c(N)c(F)c2)cc1. The second-order valence-corrected chi connectivity index (χ2v) is 4.17. The molecule has 98 valence electrons. The molecule has 1 amide bonds. The van der Waals surface area contributed by atoms with E-state index in [0.29, 0.717) is 5.69 Å². The Bertz CT molecular complexity index is 601. The molecule has 0 unspecified atom stereocenters. The van der Waals surface area contributed by atoms with E-state index in [9.17, 15) is 13.6 Å². The van der Waals surface area contributed by atoms with Crippen LogP contribution in [0.15, 0.2) is 36.4 Å². The average Bonchev–Trinajstić information content (AvgIpc) is 2.38. The number of nitrogens with one attached hydrogen (secondary N) is 1. The van der Waals surface area contributed by atoms with Crippen molar-refractivity contribution in [1.82, 2.24) is 0 Å². The van der Waals surface area contributed by atoms with Crippen molar-refractivity contribution < 1.29 is 13.6 Å². The quantitative estimate of drug-likeness (QED) is 0.817. The van der Waals surface area contributed by atoms with Crippen molar-refractivity contribution in [2.45, 2.75) is 6.92 Å². The molecule has 0 spiro atoms. The summed E-state index contributed by atoms with van der Waals surface area (Å²) in [5, 5.41) is 2.55. The summed E-state index contributed by atoms with van der Waals surface area (Å²) < 4.78 is 26.5. The van der Waals surface area contributed by atoms with E-state index in [1.54, 1.807) is 12.1 Å². The van der Waals surface area contributed by atoms with Gasteiger partial charge in [0.1, 0.15) is 17.3 Å². The summed E-state index contributed by atoms with van der Waals surface area (Å²) in [6.07, 6.45) is 0.